The summed E-state index contributed by atoms with van der Waals surface area (Å²) in [5.74, 6) is 1.55. The topological polar surface area (TPSA) is 77.8 Å². The number of hydrogen-bond donors (Lipinski definition) is 2. The number of hydrogen-bond acceptors (Lipinski definition) is 4. The van der Waals surface area contributed by atoms with Gasteiger partial charge in [0.2, 0.25) is 0 Å². The number of nitrogens with zero attached hydrogens (tertiary/aromatic N) is 2. The van der Waals surface area contributed by atoms with Gasteiger partial charge in [-0.2, -0.15) is 0 Å². The van der Waals surface area contributed by atoms with Crippen molar-refractivity contribution in [3.05, 3.63) is 17.1 Å². The molecule has 0 bridgehead atoms. The summed E-state index contributed by atoms with van der Waals surface area (Å²) >= 11 is 0. The van der Waals surface area contributed by atoms with Crippen LogP contribution >= 0.6 is 0 Å². The Balaban J connectivity index is 2.24. The molecule has 0 fully saturated rings. The van der Waals surface area contributed by atoms with Crippen LogP contribution in [-0.2, 0) is 19.3 Å². The van der Waals surface area contributed by atoms with Crippen LogP contribution in [0.25, 0.3) is 0 Å². The number of aryl methyl sites for hydroxylation is 2. The largest absolute Gasteiger partial charge is 0.383 e. The Morgan fingerprint density at radius 2 is 1.93 bits per heavy atom. The lowest BCUT2D eigenvalue weighted by Gasteiger charge is -2.16. The maximum atomic E-state index is 5.93. The highest BCUT2D eigenvalue weighted by molar-refractivity contribution is 5.43. The molecule has 0 saturated heterocycles. The molecule has 0 saturated carbocycles. The predicted molar refractivity (Wildman–Crippen MR) is 60.5 cm³/mol. The number of anilines is 1. The van der Waals surface area contributed by atoms with Crippen LogP contribution in [0, 0.1) is 0 Å². The van der Waals surface area contributed by atoms with E-state index >= 15 is 0 Å². The van der Waals surface area contributed by atoms with Crippen molar-refractivity contribution in [1.82, 2.24) is 9.97 Å². The van der Waals surface area contributed by atoms with Crippen molar-refractivity contribution in [2.24, 2.45) is 5.73 Å². The number of nitrogen functional groups attached to an aromatic ring is 1. The van der Waals surface area contributed by atoms with E-state index in [9.17, 15) is 0 Å². The van der Waals surface area contributed by atoms with Crippen molar-refractivity contribution in [3.63, 3.8) is 0 Å². The van der Waals surface area contributed by atoms with Gasteiger partial charge < -0.3 is 11.5 Å². The Kier molecular flexibility index (Phi) is 3.16. The second-order valence-corrected chi connectivity index (χ2v) is 4.05. The zero-order valence-electron chi connectivity index (χ0n) is 9.00. The smallest absolute Gasteiger partial charge is 0.131 e. The van der Waals surface area contributed by atoms with Crippen LogP contribution in [0.2, 0.25) is 0 Å². The zero-order chi connectivity index (χ0) is 10.7. The standard InChI is InChI=1S/C11H18N4/c12-7-3-6-10-14-9-5-2-1-4-8(9)11(13)15-10/h1-7,12H2,(H2,13,14,15). The second kappa shape index (κ2) is 4.57. The summed E-state index contributed by atoms with van der Waals surface area (Å²) in [6.45, 7) is 0.681. The van der Waals surface area contributed by atoms with Crippen LogP contribution in [0.5, 0.6) is 0 Å². The van der Waals surface area contributed by atoms with Crippen LogP contribution in [0.15, 0.2) is 0 Å². The highest BCUT2D eigenvalue weighted by Gasteiger charge is 2.15. The maximum absolute atomic E-state index is 5.93. The van der Waals surface area contributed by atoms with E-state index in [0.29, 0.717) is 12.4 Å². The van der Waals surface area contributed by atoms with E-state index in [1.807, 2.05) is 0 Å². The molecule has 4 nitrogen and oxygen atoms in total. The highest BCUT2D eigenvalue weighted by atomic mass is 15.0. The van der Waals surface area contributed by atoms with E-state index < -0.39 is 0 Å². The van der Waals surface area contributed by atoms with Gasteiger partial charge in [0.15, 0.2) is 0 Å². The van der Waals surface area contributed by atoms with Gasteiger partial charge in [-0.3, -0.25) is 0 Å². The third-order valence-electron chi connectivity index (χ3n) is 2.87. The van der Waals surface area contributed by atoms with E-state index in [1.165, 1.54) is 24.1 Å². The van der Waals surface area contributed by atoms with E-state index in [0.717, 1.165) is 31.5 Å². The maximum Gasteiger partial charge on any atom is 0.131 e. The van der Waals surface area contributed by atoms with E-state index in [-0.39, 0.29) is 0 Å². The van der Waals surface area contributed by atoms with Gasteiger partial charge in [0, 0.05) is 17.7 Å². The Morgan fingerprint density at radius 3 is 2.73 bits per heavy atom. The fraction of sp³-hybridized carbons (Fsp3) is 0.636. The van der Waals surface area contributed by atoms with Gasteiger partial charge in [-0.1, -0.05) is 0 Å². The van der Waals surface area contributed by atoms with Crippen molar-refractivity contribution in [3.8, 4) is 0 Å². The predicted octanol–water partition coefficient (Wildman–Crippen LogP) is 0.829. The Labute approximate surface area is 90.1 Å². The van der Waals surface area contributed by atoms with E-state index in [4.69, 9.17) is 11.5 Å². The number of aromatic nitrogens is 2. The fourth-order valence-electron chi connectivity index (χ4n) is 2.05. The molecular weight excluding hydrogens is 188 g/mol. The molecule has 0 atom stereocenters. The molecule has 0 unspecified atom stereocenters. The first-order chi connectivity index (χ1) is 7.31. The number of nitrogens with two attached hydrogens (primary N) is 2. The molecule has 15 heavy (non-hydrogen) atoms. The molecular formula is C11H18N4. The molecule has 1 aliphatic carbocycles. The summed E-state index contributed by atoms with van der Waals surface area (Å²) in [6.07, 6.45) is 6.30. The molecule has 82 valence electrons. The molecule has 0 amide bonds. The van der Waals surface area contributed by atoms with E-state index in [2.05, 4.69) is 9.97 Å². The minimum atomic E-state index is 0.681. The summed E-state index contributed by atoms with van der Waals surface area (Å²) < 4.78 is 0. The Morgan fingerprint density at radius 1 is 1.13 bits per heavy atom. The summed E-state index contributed by atoms with van der Waals surface area (Å²) in [7, 11) is 0. The first-order valence-corrected chi connectivity index (χ1v) is 5.65. The third kappa shape index (κ3) is 2.26. The zero-order valence-corrected chi connectivity index (χ0v) is 9.00. The van der Waals surface area contributed by atoms with Gasteiger partial charge in [0.25, 0.3) is 0 Å². The lowest BCUT2D eigenvalue weighted by atomic mass is 9.96. The van der Waals surface area contributed by atoms with Crippen molar-refractivity contribution in [2.45, 2.75) is 38.5 Å². The monoisotopic (exact) mass is 206 g/mol. The normalized spacial score (nSPS) is 15.0. The van der Waals surface area contributed by atoms with Gasteiger partial charge in [-0.25, -0.2) is 9.97 Å². The van der Waals surface area contributed by atoms with Crippen molar-refractivity contribution in [2.75, 3.05) is 12.3 Å². The summed E-state index contributed by atoms with van der Waals surface area (Å²) in [6, 6.07) is 0. The lowest BCUT2D eigenvalue weighted by molar-refractivity contribution is 0.652. The van der Waals surface area contributed by atoms with Crippen molar-refractivity contribution >= 4 is 5.82 Å². The highest BCUT2D eigenvalue weighted by Crippen LogP contribution is 2.23. The minimum absolute atomic E-state index is 0.681. The molecule has 4 heteroatoms. The minimum Gasteiger partial charge on any atom is -0.383 e. The van der Waals surface area contributed by atoms with Crippen LogP contribution < -0.4 is 11.5 Å². The van der Waals surface area contributed by atoms with Gasteiger partial charge in [0.05, 0.1) is 0 Å². The first kappa shape index (κ1) is 10.4. The fourth-order valence-corrected chi connectivity index (χ4v) is 2.05. The Hall–Kier alpha value is -1.16. The van der Waals surface area contributed by atoms with Crippen LogP contribution in [0.3, 0.4) is 0 Å². The van der Waals surface area contributed by atoms with Crippen LogP contribution in [0.1, 0.15) is 36.3 Å². The molecule has 0 radical (unpaired) electrons. The van der Waals surface area contributed by atoms with Crippen molar-refractivity contribution in [1.29, 1.82) is 0 Å². The summed E-state index contributed by atoms with van der Waals surface area (Å²) in [4.78, 5) is 8.90. The quantitative estimate of drug-likeness (QED) is 0.767. The van der Waals surface area contributed by atoms with Gasteiger partial charge >= 0.3 is 0 Å². The molecule has 1 aromatic heterocycles. The molecule has 2 rings (SSSR count). The molecule has 1 heterocycles. The average Bonchev–Trinajstić information content (AvgIpc) is 2.26. The number of fused-ring (bicyclic) bond motifs is 1. The first-order valence-electron chi connectivity index (χ1n) is 5.65. The summed E-state index contributed by atoms with van der Waals surface area (Å²) in [5.41, 5.74) is 13.7. The van der Waals surface area contributed by atoms with Gasteiger partial charge in [-0.05, 0) is 38.6 Å². The molecule has 4 N–H and O–H groups in total. The molecule has 1 aromatic rings. The lowest BCUT2D eigenvalue weighted by Crippen LogP contribution is -2.14. The van der Waals surface area contributed by atoms with Gasteiger partial charge in [-0.15, -0.1) is 0 Å². The molecule has 0 aliphatic heterocycles. The molecule has 1 aliphatic rings. The SMILES string of the molecule is NCCCc1nc(N)c2c(n1)CCCC2. The average molecular weight is 206 g/mol. The van der Waals surface area contributed by atoms with E-state index in [1.54, 1.807) is 0 Å². The number of rotatable bonds is 3. The van der Waals surface area contributed by atoms with Crippen LogP contribution in [0.4, 0.5) is 5.82 Å². The third-order valence-corrected chi connectivity index (χ3v) is 2.87. The van der Waals surface area contributed by atoms with Crippen LogP contribution in [-0.4, -0.2) is 16.5 Å². The van der Waals surface area contributed by atoms with Crippen molar-refractivity contribution < 1.29 is 0 Å². The Bertz CT molecular complexity index is 349. The molecule has 0 spiro atoms. The second-order valence-electron chi connectivity index (χ2n) is 4.05. The summed E-state index contributed by atoms with van der Waals surface area (Å²) in [5, 5.41) is 0. The molecule has 0 aromatic carbocycles. The van der Waals surface area contributed by atoms with Gasteiger partial charge in [0.1, 0.15) is 11.6 Å².